The van der Waals surface area contributed by atoms with E-state index in [-0.39, 0.29) is 11.6 Å². The van der Waals surface area contributed by atoms with Gasteiger partial charge in [-0.2, -0.15) is 0 Å². The lowest BCUT2D eigenvalue weighted by molar-refractivity contribution is 0.480. The Morgan fingerprint density at radius 3 is 2.15 bits per heavy atom. The van der Waals surface area contributed by atoms with Crippen LogP contribution >= 0.6 is 0 Å². The topological polar surface area (TPSA) is 32.6 Å². The minimum atomic E-state index is -0.256. The number of anilines is 3. The number of aryl methyl sites for hydroxylation is 2. The molecule has 62 heavy (non-hydrogen) atoms. The zero-order chi connectivity index (χ0) is 41.9. The normalized spacial score (nSPS) is 16.2. The summed E-state index contributed by atoms with van der Waals surface area (Å²) >= 11 is 0. The smallest absolute Gasteiger partial charge is 0.146 e. The summed E-state index contributed by atoms with van der Waals surface area (Å²) < 4.78 is 2.44. The van der Waals surface area contributed by atoms with Crippen LogP contribution < -0.4 is 10.2 Å². The molecule has 9 aromatic rings. The summed E-state index contributed by atoms with van der Waals surface area (Å²) in [7, 11) is 0. The molecule has 0 saturated carbocycles. The van der Waals surface area contributed by atoms with Gasteiger partial charge in [0.1, 0.15) is 11.8 Å². The number of nitrogens with zero attached hydrogens (tertiary/aromatic N) is 3. The Morgan fingerprint density at radius 1 is 0.645 bits per heavy atom. The van der Waals surface area contributed by atoms with Crippen LogP contribution in [0.5, 0.6) is 0 Å². The molecule has 2 aromatic heterocycles. The predicted molar refractivity (Wildman–Crippen MR) is 261 cm³/mol. The number of pyridine rings is 1. The molecule has 4 nitrogen and oxygen atoms in total. The molecule has 2 unspecified atom stereocenters. The van der Waals surface area contributed by atoms with Crippen LogP contribution in [0.2, 0.25) is 0 Å². The van der Waals surface area contributed by atoms with Crippen LogP contribution in [0.1, 0.15) is 79.0 Å². The van der Waals surface area contributed by atoms with Gasteiger partial charge in [-0.15, -0.1) is 0 Å². The Hall–Kier alpha value is -6.91. The van der Waals surface area contributed by atoms with Crippen LogP contribution in [0.15, 0.2) is 152 Å². The maximum Gasteiger partial charge on any atom is 0.146 e. The van der Waals surface area contributed by atoms with Crippen molar-refractivity contribution in [2.24, 2.45) is 5.92 Å². The Labute approximate surface area is 364 Å². The van der Waals surface area contributed by atoms with Crippen LogP contribution in [0.4, 0.5) is 17.1 Å². The highest BCUT2D eigenvalue weighted by atomic mass is 15.3. The molecule has 0 saturated heterocycles. The number of aromatic nitrogens is 2. The molecule has 0 fully saturated rings. The van der Waals surface area contributed by atoms with Crippen molar-refractivity contribution < 1.29 is 0 Å². The van der Waals surface area contributed by atoms with E-state index < -0.39 is 0 Å². The van der Waals surface area contributed by atoms with Gasteiger partial charge in [-0.1, -0.05) is 141 Å². The molecule has 4 heterocycles. The van der Waals surface area contributed by atoms with E-state index in [0.717, 1.165) is 30.6 Å². The first-order valence-corrected chi connectivity index (χ1v) is 22.5. The fourth-order valence-electron chi connectivity index (χ4n) is 11.6. The summed E-state index contributed by atoms with van der Waals surface area (Å²) in [5.41, 5.74) is 22.3. The van der Waals surface area contributed by atoms with E-state index in [1.165, 1.54) is 106 Å². The van der Waals surface area contributed by atoms with Crippen LogP contribution in [0.25, 0.3) is 66.8 Å². The summed E-state index contributed by atoms with van der Waals surface area (Å²) in [5.74, 6) is 0.482. The quantitative estimate of drug-likeness (QED) is 0.170. The zero-order valence-electron chi connectivity index (χ0n) is 36.1. The lowest BCUT2D eigenvalue weighted by Gasteiger charge is -2.38. The summed E-state index contributed by atoms with van der Waals surface area (Å²) in [4.78, 5) is 7.79. The highest BCUT2D eigenvalue weighted by molar-refractivity contribution is 6.13. The molecule has 2 aliphatic heterocycles. The summed E-state index contributed by atoms with van der Waals surface area (Å²) in [6, 6.07) is 55.3. The molecule has 12 rings (SSSR count). The SMILES string of the molecule is CCC(CC)(c1cc(C)cc(C)c1)c1c(-c2ccc3c(c2)-c2ccccc2N2c4ccccc4NC32)cccc1-c1ccc2c(c1)c1ccccc1n1c3c(nc21)C=CC(C)C3. The van der Waals surface area contributed by atoms with Gasteiger partial charge in [0.05, 0.1) is 34.0 Å². The Morgan fingerprint density at radius 2 is 1.34 bits per heavy atom. The van der Waals surface area contributed by atoms with Crippen LogP contribution in [-0.4, -0.2) is 9.38 Å². The summed E-state index contributed by atoms with van der Waals surface area (Å²) in [6.07, 6.45) is 7.47. The molecular weight excluding hydrogens is 753 g/mol. The third kappa shape index (κ3) is 5.29. The van der Waals surface area contributed by atoms with Gasteiger partial charge in [0, 0.05) is 27.3 Å². The van der Waals surface area contributed by atoms with E-state index >= 15 is 0 Å². The third-order valence-electron chi connectivity index (χ3n) is 14.5. The van der Waals surface area contributed by atoms with Crippen molar-refractivity contribution in [1.29, 1.82) is 0 Å². The van der Waals surface area contributed by atoms with Crippen molar-refractivity contribution in [2.45, 2.75) is 65.5 Å². The largest absolute Gasteiger partial charge is 0.359 e. The number of allylic oxidation sites excluding steroid dienone is 1. The van der Waals surface area contributed by atoms with Crippen molar-refractivity contribution in [3.63, 3.8) is 0 Å². The fraction of sp³-hybridized carbons (Fsp3) is 0.190. The molecule has 4 heteroatoms. The molecular formula is C58H50N4. The average molecular weight is 803 g/mol. The van der Waals surface area contributed by atoms with Gasteiger partial charge >= 0.3 is 0 Å². The van der Waals surface area contributed by atoms with Crippen molar-refractivity contribution in [3.05, 3.63) is 191 Å². The van der Waals surface area contributed by atoms with Crippen molar-refractivity contribution in [1.82, 2.24) is 9.38 Å². The van der Waals surface area contributed by atoms with E-state index in [2.05, 4.69) is 207 Å². The molecule has 2 atom stereocenters. The lowest BCUT2D eigenvalue weighted by atomic mass is 9.65. The number of nitrogens with one attached hydrogen (secondary N) is 1. The molecule has 302 valence electrons. The number of rotatable bonds is 6. The molecule has 0 bridgehead atoms. The monoisotopic (exact) mass is 802 g/mol. The Balaban J connectivity index is 1.11. The van der Waals surface area contributed by atoms with E-state index in [9.17, 15) is 0 Å². The Bertz CT molecular complexity index is 3320. The average Bonchev–Trinajstić information content (AvgIpc) is 3.89. The first kappa shape index (κ1) is 36.9. The maximum atomic E-state index is 5.31. The third-order valence-corrected chi connectivity index (χ3v) is 14.5. The lowest BCUT2D eigenvalue weighted by Crippen LogP contribution is -2.28. The molecule has 1 aliphatic carbocycles. The van der Waals surface area contributed by atoms with Gasteiger partial charge < -0.3 is 10.2 Å². The van der Waals surface area contributed by atoms with Gasteiger partial charge in [-0.25, -0.2) is 4.98 Å². The van der Waals surface area contributed by atoms with Gasteiger partial charge in [-0.05, 0) is 132 Å². The Kier molecular flexibility index (Phi) is 8.22. The zero-order valence-corrected chi connectivity index (χ0v) is 36.1. The second kappa shape index (κ2) is 13.8. The second-order valence-electron chi connectivity index (χ2n) is 18.1. The molecule has 0 amide bonds. The fourth-order valence-corrected chi connectivity index (χ4v) is 11.6. The van der Waals surface area contributed by atoms with Crippen molar-refractivity contribution >= 4 is 50.5 Å². The maximum absolute atomic E-state index is 5.31. The van der Waals surface area contributed by atoms with E-state index in [1.54, 1.807) is 0 Å². The van der Waals surface area contributed by atoms with Gasteiger partial charge in [-0.3, -0.25) is 4.40 Å². The van der Waals surface area contributed by atoms with Crippen molar-refractivity contribution in [2.75, 3.05) is 10.2 Å². The first-order chi connectivity index (χ1) is 30.3. The number of para-hydroxylation sites is 4. The highest BCUT2D eigenvalue weighted by Crippen LogP contribution is 2.55. The number of imidazole rings is 1. The number of hydrogen-bond donors (Lipinski definition) is 1. The first-order valence-electron chi connectivity index (χ1n) is 22.5. The minimum Gasteiger partial charge on any atom is -0.359 e. The predicted octanol–water partition coefficient (Wildman–Crippen LogP) is 15.1. The van der Waals surface area contributed by atoms with Crippen LogP contribution in [-0.2, 0) is 11.8 Å². The molecule has 3 aliphatic rings. The number of benzene rings is 7. The summed E-state index contributed by atoms with van der Waals surface area (Å²) in [5, 5.41) is 7.57. The van der Waals surface area contributed by atoms with Gasteiger partial charge in [0.25, 0.3) is 0 Å². The van der Waals surface area contributed by atoms with E-state index in [0.29, 0.717) is 5.92 Å². The molecule has 7 aromatic carbocycles. The van der Waals surface area contributed by atoms with Crippen molar-refractivity contribution in [3.8, 4) is 33.4 Å². The van der Waals surface area contributed by atoms with E-state index in [4.69, 9.17) is 4.98 Å². The summed E-state index contributed by atoms with van der Waals surface area (Å²) in [6.45, 7) is 11.6. The van der Waals surface area contributed by atoms with Gasteiger partial charge in [0.15, 0.2) is 0 Å². The highest BCUT2D eigenvalue weighted by Gasteiger charge is 2.39. The molecule has 0 spiro atoms. The van der Waals surface area contributed by atoms with Crippen LogP contribution in [0.3, 0.4) is 0 Å². The standard InChI is InChI=1S/C58H50N4/c1-6-58(7-2,40-30-36(4)29-37(5)31-40)55-41(38-24-26-45-47(33-38)43-15-8-11-20-51(43)61-53-22-13-10-19-49(53)59-56(45)61)17-14-18-42(55)39-25-27-46-48(34-39)44-16-9-12-21-52(44)62-54-32-35(3)23-28-50(54)60-57(46)62/h8-31,33-35,56,59H,6-7,32H2,1-5H3. The number of fused-ring (bicyclic) bond motifs is 16. The van der Waals surface area contributed by atoms with Gasteiger partial charge in [0.2, 0.25) is 0 Å². The van der Waals surface area contributed by atoms with Crippen LogP contribution in [0, 0.1) is 19.8 Å². The number of hydrogen-bond acceptors (Lipinski definition) is 3. The minimum absolute atomic E-state index is 0.0248. The second-order valence-corrected chi connectivity index (χ2v) is 18.1. The molecule has 0 radical (unpaired) electrons. The molecule has 1 N–H and O–H groups in total. The van der Waals surface area contributed by atoms with E-state index in [1.807, 2.05) is 0 Å².